The van der Waals surface area contributed by atoms with Gasteiger partial charge in [-0.3, -0.25) is 0 Å². The van der Waals surface area contributed by atoms with Crippen LogP contribution in [-0.4, -0.2) is 42.8 Å². The van der Waals surface area contributed by atoms with E-state index in [1.54, 1.807) is 40.0 Å². The molecule has 0 heterocycles. The van der Waals surface area contributed by atoms with Crippen LogP contribution in [0.15, 0.2) is 24.3 Å². The Morgan fingerprint density at radius 2 is 1.83 bits per heavy atom. The van der Waals surface area contributed by atoms with Crippen molar-refractivity contribution in [3.8, 4) is 0 Å². The van der Waals surface area contributed by atoms with Crippen molar-refractivity contribution < 1.29 is 18.7 Å². The lowest BCUT2D eigenvalue weighted by Gasteiger charge is -2.25. The van der Waals surface area contributed by atoms with E-state index < -0.39 is 17.7 Å². The number of hydrogen-bond donors (Lipinski definition) is 2. The molecule has 0 saturated carbocycles. The third kappa shape index (κ3) is 6.85. The van der Waals surface area contributed by atoms with Crippen molar-refractivity contribution in [3.63, 3.8) is 0 Å². The second-order valence-corrected chi connectivity index (χ2v) is 6.45. The Morgan fingerprint density at radius 1 is 1.25 bits per heavy atom. The van der Waals surface area contributed by atoms with Gasteiger partial charge in [0, 0.05) is 20.1 Å². The molecule has 1 atom stereocenters. The van der Waals surface area contributed by atoms with Gasteiger partial charge in [0.15, 0.2) is 0 Å². The summed E-state index contributed by atoms with van der Waals surface area (Å²) in [6, 6.07) is 4.95. The Bertz CT molecular complexity index is 555. The number of carbonyl (C=O) groups is 2. The number of hydrogen-bond acceptors (Lipinski definition) is 3. The number of urea groups is 1. The maximum absolute atomic E-state index is 13.1. The number of nitrogens with zero attached hydrogens (tertiary/aromatic N) is 1. The molecule has 0 aliphatic carbocycles. The van der Waals surface area contributed by atoms with Crippen LogP contribution in [0.2, 0.25) is 0 Å². The van der Waals surface area contributed by atoms with Crippen molar-refractivity contribution in [2.45, 2.75) is 39.3 Å². The van der Waals surface area contributed by atoms with Gasteiger partial charge in [-0.2, -0.15) is 0 Å². The quantitative estimate of drug-likeness (QED) is 0.866. The van der Waals surface area contributed by atoms with Gasteiger partial charge >= 0.3 is 12.1 Å². The van der Waals surface area contributed by atoms with Crippen molar-refractivity contribution >= 4 is 12.1 Å². The van der Waals surface area contributed by atoms with Crippen LogP contribution in [0.4, 0.5) is 14.0 Å². The van der Waals surface area contributed by atoms with Crippen LogP contribution in [0.3, 0.4) is 0 Å². The zero-order valence-electron chi connectivity index (χ0n) is 14.9. The maximum atomic E-state index is 13.1. The molecule has 1 aromatic rings. The smallest absolute Gasteiger partial charge is 0.408 e. The first-order valence-corrected chi connectivity index (χ1v) is 7.86. The van der Waals surface area contributed by atoms with Gasteiger partial charge in [-0.1, -0.05) is 12.1 Å². The number of alkyl carbamates (subject to hydrolysis) is 1. The van der Waals surface area contributed by atoms with Crippen molar-refractivity contribution in [2.24, 2.45) is 0 Å². The van der Waals surface area contributed by atoms with Gasteiger partial charge in [0.2, 0.25) is 0 Å². The highest BCUT2D eigenvalue weighted by molar-refractivity contribution is 5.74. The van der Waals surface area contributed by atoms with Crippen LogP contribution in [0.5, 0.6) is 0 Å². The minimum atomic E-state index is -0.636. The minimum Gasteiger partial charge on any atom is -0.444 e. The van der Waals surface area contributed by atoms with Crippen molar-refractivity contribution in [2.75, 3.05) is 20.1 Å². The average Bonchev–Trinajstić information content (AvgIpc) is 2.49. The monoisotopic (exact) mass is 339 g/mol. The second-order valence-electron chi connectivity index (χ2n) is 6.45. The summed E-state index contributed by atoms with van der Waals surface area (Å²) in [5, 5.41) is 5.44. The van der Waals surface area contributed by atoms with Crippen LogP contribution in [-0.2, 0) is 4.74 Å². The standard InChI is InChI=1S/C17H26FN3O3/c1-6-21(5)15(22)19-11-14(12-7-9-13(18)10-8-12)20-16(23)24-17(2,3)4/h7-10,14H,6,11H2,1-5H3,(H,19,22)(H,20,23). The van der Waals surface area contributed by atoms with E-state index in [1.165, 1.54) is 17.0 Å². The van der Waals surface area contributed by atoms with Crippen molar-refractivity contribution in [1.29, 1.82) is 0 Å². The van der Waals surface area contributed by atoms with Gasteiger partial charge in [0.1, 0.15) is 11.4 Å². The average molecular weight is 339 g/mol. The summed E-state index contributed by atoms with van der Waals surface area (Å²) in [4.78, 5) is 25.4. The lowest BCUT2D eigenvalue weighted by molar-refractivity contribution is 0.0503. The molecule has 24 heavy (non-hydrogen) atoms. The molecule has 7 heteroatoms. The van der Waals surface area contributed by atoms with E-state index in [-0.39, 0.29) is 18.4 Å². The number of benzene rings is 1. The molecule has 2 N–H and O–H groups in total. The van der Waals surface area contributed by atoms with E-state index in [0.717, 1.165) is 0 Å². The molecule has 1 rings (SSSR count). The van der Waals surface area contributed by atoms with Gasteiger partial charge in [-0.25, -0.2) is 14.0 Å². The zero-order chi connectivity index (χ0) is 18.3. The van der Waals surface area contributed by atoms with E-state index in [2.05, 4.69) is 10.6 Å². The van der Waals surface area contributed by atoms with Gasteiger partial charge in [0.25, 0.3) is 0 Å². The normalized spacial score (nSPS) is 12.2. The van der Waals surface area contributed by atoms with E-state index in [4.69, 9.17) is 4.74 Å². The highest BCUT2D eigenvalue weighted by atomic mass is 19.1. The second kappa shape index (κ2) is 8.52. The fourth-order valence-corrected chi connectivity index (χ4v) is 1.87. The molecule has 1 unspecified atom stereocenters. The molecular weight excluding hydrogens is 313 g/mol. The molecule has 1 aromatic carbocycles. The molecule has 3 amide bonds. The lowest BCUT2D eigenvalue weighted by Crippen LogP contribution is -2.43. The lowest BCUT2D eigenvalue weighted by atomic mass is 10.1. The van der Waals surface area contributed by atoms with E-state index in [0.29, 0.717) is 12.1 Å². The molecule has 0 saturated heterocycles. The molecule has 0 bridgehead atoms. The van der Waals surface area contributed by atoms with Crippen LogP contribution in [0.25, 0.3) is 0 Å². The molecule has 0 radical (unpaired) electrons. The molecule has 0 aliphatic rings. The topological polar surface area (TPSA) is 70.7 Å². The predicted molar refractivity (Wildman–Crippen MR) is 90.2 cm³/mol. The van der Waals surface area contributed by atoms with Gasteiger partial charge in [-0.05, 0) is 45.4 Å². The fraction of sp³-hybridized carbons (Fsp3) is 0.529. The number of rotatable bonds is 5. The third-order valence-electron chi connectivity index (χ3n) is 3.24. The SMILES string of the molecule is CCN(C)C(=O)NCC(NC(=O)OC(C)(C)C)c1ccc(F)cc1. The van der Waals surface area contributed by atoms with Crippen LogP contribution in [0.1, 0.15) is 39.3 Å². The van der Waals surface area contributed by atoms with Gasteiger partial charge in [-0.15, -0.1) is 0 Å². The predicted octanol–water partition coefficient (Wildman–Crippen LogP) is 3.05. The first kappa shape index (κ1) is 19.7. The molecule has 134 valence electrons. The highest BCUT2D eigenvalue weighted by Gasteiger charge is 2.21. The van der Waals surface area contributed by atoms with Crippen LogP contribution >= 0.6 is 0 Å². The van der Waals surface area contributed by atoms with E-state index in [9.17, 15) is 14.0 Å². The van der Waals surface area contributed by atoms with E-state index >= 15 is 0 Å². The molecule has 0 aliphatic heterocycles. The van der Waals surface area contributed by atoms with E-state index in [1.807, 2.05) is 6.92 Å². The Labute approximate surface area is 142 Å². The Morgan fingerprint density at radius 3 is 2.33 bits per heavy atom. The number of nitrogens with one attached hydrogen (secondary N) is 2. The summed E-state index contributed by atoms with van der Waals surface area (Å²) in [5.74, 6) is -0.371. The Kier molecular flexibility index (Phi) is 7.00. The summed E-state index contributed by atoms with van der Waals surface area (Å²) in [7, 11) is 1.67. The van der Waals surface area contributed by atoms with Gasteiger partial charge in [0.05, 0.1) is 6.04 Å². The van der Waals surface area contributed by atoms with Crippen LogP contribution < -0.4 is 10.6 Å². The maximum Gasteiger partial charge on any atom is 0.408 e. The summed E-state index contributed by atoms with van der Waals surface area (Å²) in [6.07, 6.45) is -0.602. The van der Waals surface area contributed by atoms with Crippen molar-refractivity contribution in [1.82, 2.24) is 15.5 Å². The highest BCUT2D eigenvalue weighted by Crippen LogP contribution is 2.15. The fourth-order valence-electron chi connectivity index (χ4n) is 1.87. The zero-order valence-corrected chi connectivity index (χ0v) is 14.9. The summed E-state index contributed by atoms with van der Waals surface area (Å²) >= 11 is 0. The molecule has 0 spiro atoms. The minimum absolute atomic E-state index is 0.161. The number of halogens is 1. The Hall–Kier alpha value is -2.31. The number of carbonyl (C=O) groups excluding carboxylic acids is 2. The molecule has 0 aromatic heterocycles. The molecule has 6 nitrogen and oxygen atoms in total. The molecule has 0 fully saturated rings. The summed E-state index contributed by atoms with van der Waals surface area (Å²) in [5.41, 5.74) is 0.0324. The largest absolute Gasteiger partial charge is 0.444 e. The number of amides is 3. The molecular formula is C17H26FN3O3. The first-order valence-electron chi connectivity index (χ1n) is 7.86. The van der Waals surface area contributed by atoms with Crippen LogP contribution in [0, 0.1) is 5.82 Å². The van der Waals surface area contributed by atoms with Gasteiger partial charge < -0.3 is 20.3 Å². The summed E-state index contributed by atoms with van der Waals surface area (Å²) in [6.45, 7) is 7.86. The summed E-state index contributed by atoms with van der Waals surface area (Å²) < 4.78 is 18.4. The third-order valence-corrected chi connectivity index (χ3v) is 3.24. The van der Waals surface area contributed by atoms with Crippen molar-refractivity contribution in [3.05, 3.63) is 35.6 Å². The number of ether oxygens (including phenoxy) is 1. The first-order chi connectivity index (χ1) is 11.1. The Balaban J connectivity index is 2.81.